The fraction of sp³-hybridized carbons (Fsp3) is 0.667. The molecule has 1 rings (SSSR count). The van der Waals surface area contributed by atoms with Crippen molar-refractivity contribution in [2.75, 3.05) is 6.54 Å². The molecule has 0 aliphatic rings. The molecule has 1 unspecified atom stereocenters. The zero-order chi connectivity index (χ0) is 12.5. The first kappa shape index (κ1) is 13.7. The first-order valence-electron chi connectivity index (χ1n) is 6.18. The smallest absolute Gasteiger partial charge is 0.219 e. The minimum absolute atomic E-state index is 0.117. The summed E-state index contributed by atoms with van der Waals surface area (Å²) in [6, 6.07) is 2.08. The van der Waals surface area contributed by atoms with Crippen molar-refractivity contribution >= 4 is 5.91 Å². The fourth-order valence-electron chi connectivity index (χ4n) is 1.57. The molecule has 1 heterocycles. The Balaban J connectivity index is 1.97. The average Bonchev–Trinajstić information content (AvgIpc) is 2.76. The Kier molecular flexibility index (Phi) is 6.32. The van der Waals surface area contributed by atoms with Crippen LogP contribution < -0.4 is 11.1 Å². The summed E-state index contributed by atoms with van der Waals surface area (Å²) in [5.74, 6) is 0.117. The number of hydrogen-bond acceptors (Lipinski definition) is 3. The lowest BCUT2D eigenvalue weighted by molar-refractivity contribution is -0.121. The molecule has 0 radical (unpaired) electrons. The van der Waals surface area contributed by atoms with Gasteiger partial charge in [-0.3, -0.25) is 9.48 Å². The summed E-state index contributed by atoms with van der Waals surface area (Å²) in [5.41, 5.74) is 5.61. The Bertz CT molecular complexity index is 308. The van der Waals surface area contributed by atoms with E-state index in [9.17, 15) is 4.79 Å². The maximum absolute atomic E-state index is 11.4. The zero-order valence-electron chi connectivity index (χ0n) is 10.4. The van der Waals surface area contributed by atoms with Gasteiger partial charge < -0.3 is 11.1 Å². The van der Waals surface area contributed by atoms with Crippen LogP contribution in [0, 0.1) is 0 Å². The second-order valence-corrected chi connectivity index (χ2v) is 4.34. The van der Waals surface area contributed by atoms with Crippen LogP contribution >= 0.6 is 0 Å². The molecule has 0 bridgehead atoms. The van der Waals surface area contributed by atoms with E-state index in [1.165, 1.54) is 0 Å². The maximum atomic E-state index is 11.4. The summed E-state index contributed by atoms with van der Waals surface area (Å²) in [7, 11) is 0. The van der Waals surface area contributed by atoms with Crippen LogP contribution in [0.4, 0.5) is 0 Å². The number of carbonyl (C=O) groups is 1. The van der Waals surface area contributed by atoms with Gasteiger partial charge in [0.25, 0.3) is 0 Å². The SMILES string of the molecule is CC(N)CCCC(=O)NCCCn1cccn1. The molecule has 1 aromatic heterocycles. The van der Waals surface area contributed by atoms with Gasteiger partial charge in [0, 0.05) is 37.9 Å². The lowest BCUT2D eigenvalue weighted by Gasteiger charge is -2.06. The number of aryl methyl sites for hydroxylation is 1. The highest BCUT2D eigenvalue weighted by Gasteiger charge is 2.01. The number of aromatic nitrogens is 2. The highest BCUT2D eigenvalue weighted by Crippen LogP contribution is 1.98. The molecule has 96 valence electrons. The van der Waals surface area contributed by atoms with E-state index in [1.807, 2.05) is 23.9 Å². The van der Waals surface area contributed by atoms with Crippen LogP contribution in [-0.4, -0.2) is 28.3 Å². The minimum atomic E-state index is 0.117. The highest BCUT2D eigenvalue weighted by molar-refractivity contribution is 5.75. The molecule has 0 spiro atoms. The third-order valence-electron chi connectivity index (χ3n) is 2.51. The summed E-state index contributed by atoms with van der Waals surface area (Å²) in [6.07, 6.45) is 6.92. The predicted octanol–water partition coefficient (Wildman–Crippen LogP) is 0.907. The third-order valence-corrected chi connectivity index (χ3v) is 2.51. The Morgan fingerprint density at radius 3 is 3.00 bits per heavy atom. The zero-order valence-corrected chi connectivity index (χ0v) is 10.4. The van der Waals surface area contributed by atoms with E-state index in [0.717, 1.165) is 25.8 Å². The van der Waals surface area contributed by atoms with Crippen LogP contribution in [0.5, 0.6) is 0 Å². The van der Waals surface area contributed by atoms with Gasteiger partial charge in [0.2, 0.25) is 5.91 Å². The monoisotopic (exact) mass is 238 g/mol. The molecule has 0 saturated carbocycles. The van der Waals surface area contributed by atoms with Crippen molar-refractivity contribution in [1.82, 2.24) is 15.1 Å². The quantitative estimate of drug-likeness (QED) is 0.661. The normalized spacial score (nSPS) is 12.4. The van der Waals surface area contributed by atoms with Gasteiger partial charge in [-0.25, -0.2) is 0 Å². The number of carbonyl (C=O) groups excluding carboxylic acids is 1. The number of nitrogens with zero attached hydrogens (tertiary/aromatic N) is 2. The molecule has 3 N–H and O–H groups in total. The predicted molar refractivity (Wildman–Crippen MR) is 67.4 cm³/mol. The van der Waals surface area contributed by atoms with Gasteiger partial charge in [-0.05, 0) is 32.3 Å². The van der Waals surface area contributed by atoms with E-state index < -0.39 is 0 Å². The average molecular weight is 238 g/mol. The van der Waals surface area contributed by atoms with Gasteiger partial charge in [-0.2, -0.15) is 5.10 Å². The molecule has 0 aliphatic carbocycles. The summed E-state index contributed by atoms with van der Waals surface area (Å²) >= 11 is 0. The van der Waals surface area contributed by atoms with Crippen molar-refractivity contribution < 1.29 is 4.79 Å². The Labute approximate surface area is 102 Å². The Morgan fingerprint density at radius 1 is 1.53 bits per heavy atom. The molecule has 1 atom stereocenters. The molecular weight excluding hydrogens is 216 g/mol. The lowest BCUT2D eigenvalue weighted by Crippen LogP contribution is -2.25. The van der Waals surface area contributed by atoms with Gasteiger partial charge in [-0.1, -0.05) is 0 Å². The molecule has 5 nitrogen and oxygen atoms in total. The van der Waals surface area contributed by atoms with E-state index in [4.69, 9.17) is 5.73 Å². The molecule has 0 aliphatic heterocycles. The van der Waals surface area contributed by atoms with E-state index in [1.54, 1.807) is 6.20 Å². The number of rotatable bonds is 8. The van der Waals surface area contributed by atoms with Crippen molar-refractivity contribution in [3.05, 3.63) is 18.5 Å². The van der Waals surface area contributed by atoms with Crippen molar-refractivity contribution in [2.45, 2.75) is 45.2 Å². The number of nitrogens with two attached hydrogens (primary N) is 1. The van der Waals surface area contributed by atoms with E-state index in [2.05, 4.69) is 10.4 Å². The van der Waals surface area contributed by atoms with Crippen LogP contribution in [0.15, 0.2) is 18.5 Å². The largest absolute Gasteiger partial charge is 0.356 e. The molecule has 1 aromatic rings. The first-order chi connectivity index (χ1) is 8.18. The number of hydrogen-bond donors (Lipinski definition) is 2. The summed E-state index contributed by atoms with van der Waals surface area (Å²) in [6.45, 7) is 3.51. The van der Waals surface area contributed by atoms with Crippen molar-refractivity contribution in [3.8, 4) is 0 Å². The second-order valence-electron chi connectivity index (χ2n) is 4.34. The Hall–Kier alpha value is -1.36. The minimum Gasteiger partial charge on any atom is -0.356 e. The summed E-state index contributed by atoms with van der Waals surface area (Å²) < 4.78 is 1.86. The summed E-state index contributed by atoms with van der Waals surface area (Å²) in [4.78, 5) is 11.4. The number of amides is 1. The second kappa shape index (κ2) is 7.84. The van der Waals surface area contributed by atoms with Crippen LogP contribution in [0.25, 0.3) is 0 Å². The molecule has 0 saturated heterocycles. The van der Waals surface area contributed by atoms with E-state index >= 15 is 0 Å². The molecule has 5 heteroatoms. The van der Waals surface area contributed by atoms with Crippen LogP contribution in [-0.2, 0) is 11.3 Å². The van der Waals surface area contributed by atoms with Crippen molar-refractivity contribution in [1.29, 1.82) is 0 Å². The van der Waals surface area contributed by atoms with E-state index in [-0.39, 0.29) is 11.9 Å². The maximum Gasteiger partial charge on any atom is 0.219 e. The topological polar surface area (TPSA) is 72.9 Å². The van der Waals surface area contributed by atoms with Gasteiger partial charge in [0.1, 0.15) is 0 Å². The van der Waals surface area contributed by atoms with Gasteiger partial charge in [-0.15, -0.1) is 0 Å². The van der Waals surface area contributed by atoms with Gasteiger partial charge >= 0.3 is 0 Å². The lowest BCUT2D eigenvalue weighted by atomic mass is 10.1. The highest BCUT2D eigenvalue weighted by atomic mass is 16.1. The van der Waals surface area contributed by atoms with Gasteiger partial charge in [0.15, 0.2) is 0 Å². The Morgan fingerprint density at radius 2 is 2.35 bits per heavy atom. The molecule has 17 heavy (non-hydrogen) atoms. The molecule has 0 aromatic carbocycles. The van der Waals surface area contributed by atoms with Crippen LogP contribution in [0.3, 0.4) is 0 Å². The standard InChI is InChI=1S/C12H22N4O/c1-11(13)5-2-6-12(17)14-7-3-9-16-10-4-8-15-16/h4,8,10-11H,2-3,5-7,9,13H2,1H3,(H,14,17). The molecule has 0 fully saturated rings. The third kappa shape index (κ3) is 6.73. The van der Waals surface area contributed by atoms with Crippen LogP contribution in [0.2, 0.25) is 0 Å². The number of nitrogens with one attached hydrogen (secondary N) is 1. The molecular formula is C12H22N4O. The first-order valence-corrected chi connectivity index (χ1v) is 6.18. The van der Waals surface area contributed by atoms with Gasteiger partial charge in [0.05, 0.1) is 0 Å². The van der Waals surface area contributed by atoms with E-state index in [0.29, 0.717) is 13.0 Å². The summed E-state index contributed by atoms with van der Waals surface area (Å²) in [5, 5.41) is 6.99. The van der Waals surface area contributed by atoms with Crippen molar-refractivity contribution in [3.63, 3.8) is 0 Å². The van der Waals surface area contributed by atoms with Crippen molar-refractivity contribution in [2.24, 2.45) is 5.73 Å². The van der Waals surface area contributed by atoms with Crippen LogP contribution in [0.1, 0.15) is 32.6 Å². The molecule has 1 amide bonds. The fourth-order valence-corrected chi connectivity index (χ4v) is 1.57.